The highest BCUT2D eigenvalue weighted by atomic mass is 32.2. The summed E-state index contributed by atoms with van der Waals surface area (Å²) in [6, 6.07) is 6.07. The lowest BCUT2D eigenvalue weighted by Crippen LogP contribution is -2.36. The van der Waals surface area contributed by atoms with Gasteiger partial charge in [0.25, 0.3) is 10.2 Å². The van der Waals surface area contributed by atoms with Crippen molar-refractivity contribution in [3.8, 4) is 0 Å². The minimum atomic E-state index is -3.37. The molecule has 5 nitrogen and oxygen atoms in total. The standard InChI is InChI=1S/C12H19N3O2S/c1-2-5-14-18(16,17)15-7-10-3-4-11-8-13-9-12(11)6-10/h3-4,6,13-15H,2,5,7-9H2,1H3. The van der Waals surface area contributed by atoms with E-state index >= 15 is 0 Å². The maximum absolute atomic E-state index is 11.6. The topological polar surface area (TPSA) is 70.2 Å². The SMILES string of the molecule is CCCNS(=O)(=O)NCc1ccc2c(c1)CNC2. The number of fused-ring (bicyclic) bond motifs is 1. The number of nitrogens with one attached hydrogen (secondary N) is 3. The quantitative estimate of drug-likeness (QED) is 0.709. The summed E-state index contributed by atoms with van der Waals surface area (Å²) in [6.07, 6.45) is 0.783. The molecule has 0 amide bonds. The van der Waals surface area contributed by atoms with Crippen molar-refractivity contribution < 1.29 is 8.42 Å². The zero-order valence-corrected chi connectivity index (χ0v) is 11.3. The minimum absolute atomic E-state index is 0.326. The lowest BCUT2D eigenvalue weighted by molar-refractivity contribution is 0.565. The smallest absolute Gasteiger partial charge is 0.277 e. The Kier molecular flexibility index (Phi) is 4.34. The Bertz CT molecular complexity index is 514. The van der Waals surface area contributed by atoms with Gasteiger partial charge in [0.05, 0.1) is 0 Å². The van der Waals surface area contributed by atoms with E-state index in [2.05, 4.69) is 26.9 Å². The van der Waals surface area contributed by atoms with E-state index in [0.29, 0.717) is 13.1 Å². The summed E-state index contributed by atoms with van der Waals surface area (Å²) in [7, 11) is -3.37. The lowest BCUT2D eigenvalue weighted by atomic mass is 10.1. The summed E-state index contributed by atoms with van der Waals surface area (Å²) in [5.41, 5.74) is 3.54. The van der Waals surface area contributed by atoms with Crippen LogP contribution in [0.5, 0.6) is 0 Å². The Labute approximate surface area is 108 Å². The highest BCUT2D eigenvalue weighted by Crippen LogP contribution is 2.16. The zero-order chi connectivity index (χ0) is 13.0. The van der Waals surface area contributed by atoms with Crippen molar-refractivity contribution >= 4 is 10.2 Å². The predicted octanol–water partition coefficient (Wildman–Crippen LogP) is 0.624. The van der Waals surface area contributed by atoms with Gasteiger partial charge < -0.3 is 5.32 Å². The third kappa shape index (κ3) is 3.52. The summed E-state index contributed by atoms with van der Waals surface area (Å²) in [5, 5.41) is 3.26. The third-order valence-corrected chi connectivity index (χ3v) is 4.02. The highest BCUT2D eigenvalue weighted by Gasteiger charge is 2.12. The van der Waals surface area contributed by atoms with Gasteiger partial charge in [-0.25, -0.2) is 4.72 Å². The van der Waals surface area contributed by atoms with Gasteiger partial charge in [0.2, 0.25) is 0 Å². The number of benzene rings is 1. The van der Waals surface area contributed by atoms with Crippen molar-refractivity contribution in [2.75, 3.05) is 6.54 Å². The molecule has 1 aromatic carbocycles. The molecule has 1 heterocycles. The van der Waals surface area contributed by atoms with Crippen molar-refractivity contribution in [1.82, 2.24) is 14.8 Å². The summed E-state index contributed by atoms with van der Waals surface area (Å²) < 4.78 is 28.1. The van der Waals surface area contributed by atoms with Crippen molar-refractivity contribution in [2.45, 2.75) is 33.0 Å². The first-order valence-electron chi connectivity index (χ1n) is 6.16. The van der Waals surface area contributed by atoms with Crippen LogP contribution in [0.4, 0.5) is 0 Å². The molecular formula is C12H19N3O2S. The van der Waals surface area contributed by atoms with Crippen molar-refractivity contribution in [2.24, 2.45) is 0 Å². The fraction of sp³-hybridized carbons (Fsp3) is 0.500. The molecule has 0 unspecified atom stereocenters. The third-order valence-electron chi connectivity index (χ3n) is 2.91. The summed E-state index contributed by atoms with van der Waals surface area (Å²) in [6.45, 7) is 4.48. The van der Waals surface area contributed by atoms with E-state index in [9.17, 15) is 8.42 Å². The first-order chi connectivity index (χ1) is 8.61. The van der Waals surface area contributed by atoms with Crippen LogP contribution in [0.2, 0.25) is 0 Å². The second-order valence-corrected chi connectivity index (χ2v) is 6.01. The van der Waals surface area contributed by atoms with Crippen LogP contribution < -0.4 is 14.8 Å². The van der Waals surface area contributed by atoms with E-state index in [4.69, 9.17) is 0 Å². The zero-order valence-electron chi connectivity index (χ0n) is 10.5. The van der Waals surface area contributed by atoms with Crippen molar-refractivity contribution in [3.05, 3.63) is 34.9 Å². The second-order valence-electron chi connectivity index (χ2n) is 4.43. The van der Waals surface area contributed by atoms with Crippen LogP contribution in [-0.2, 0) is 29.8 Å². The molecule has 6 heteroatoms. The first kappa shape index (κ1) is 13.5. The number of hydrogen-bond donors (Lipinski definition) is 3. The molecule has 2 rings (SSSR count). The average molecular weight is 269 g/mol. The van der Waals surface area contributed by atoms with Gasteiger partial charge in [-0.1, -0.05) is 25.1 Å². The molecule has 3 N–H and O–H groups in total. The molecule has 0 atom stereocenters. The number of hydrogen-bond acceptors (Lipinski definition) is 3. The maximum Gasteiger partial charge on any atom is 0.277 e. The lowest BCUT2D eigenvalue weighted by Gasteiger charge is -2.08. The summed E-state index contributed by atoms with van der Waals surface area (Å²) in [4.78, 5) is 0. The fourth-order valence-electron chi connectivity index (χ4n) is 1.92. The molecule has 0 bridgehead atoms. The maximum atomic E-state index is 11.6. The molecule has 0 fully saturated rings. The Morgan fingerprint density at radius 2 is 2.00 bits per heavy atom. The summed E-state index contributed by atoms with van der Waals surface area (Å²) in [5.74, 6) is 0. The molecule has 1 aliphatic heterocycles. The Balaban J connectivity index is 1.94. The summed E-state index contributed by atoms with van der Waals surface area (Å²) >= 11 is 0. The van der Waals surface area contributed by atoms with Crippen LogP contribution in [0, 0.1) is 0 Å². The molecule has 0 radical (unpaired) electrons. The van der Waals surface area contributed by atoms with E-state index < -0.39 is 10.2 Å². The van der Waals surface area contributed by atoms with E-state index in [-0.39, 0.29) is 0 Å². The van der Waals surface area contributed by atoms with E-state index in [1.165, 1.54) is 11.1 Å². The Morgan fingerprint density at radius 1 is 1.22 bits per heavy atom. The first-order valence-corrected chi connectivity index (χ1v) is 7.64. The molecule has 1 aliphatic rings. The molecule has 1 aromatic rings. The second kappa shape index (κ2) is 5.79. The van der Waals surface area contributed by atoms with Crippen LogP contribution in [-0.4, -0.2) is 15.0 Å². The van der Waals surface area contributed by atoms with Gasteiger partial charge >= 0.3 is 0 Å². The average Bonchev–Trinajstić information content (AvgIpc) is 2.81. The van der Waals surface area contributed by atoms with Gasteiger partial charge in [0, 0.05) is 26.2 Å². The number of rotatable bonds is 6. The molecular weight excluding hydrogens is 250 g/mol. The minimum Gasteiger partial charge on any atom is -0.309 e. The fourth-order valence-corrected chi connectivity index (χ4v) is 2.86. The van der Waals surface area contributed by atoms with E-state index in [1.807, 2.05) is 13.0 Å². The van der Waals surface area contributed by atoms with Crippen molar-refractivity contribution in [1.29, 1.82) is 0 Å². The Hall–Kier alpha value is -0.950. The molecule has 0 aromatic heterocycles. The van der Waals surface area contributed by atoms with E-state index in [1.54, 1.807) is 0 Å². The normalized spacial score (nSPS) is 14.7. The van der Waals surface area contributed by atoms with Gasteiger partial charge in [-0.2, -0.15) is 13.1 Å². The molecule has 100 valence electrons. The van der Waals surface area contributed by atoms with Crippen LogP contribution in [0.3, 0.4) is 0 Å². The van der Waals surface area contributed by atoms with E-state index in [0.717, 1.165) is 25.1 Å². The largest absolute Gasteiger partial charge is 0.309 e. The van der Waals surface area contributed by atoms with Gasteiger partial charge in [-0.3, -0.25) is 0 Å². The van der Waals surface area contributed by atoms with Gasteiger partial charge in [0.15, 0.2) is 0 Å². The Morgan fingerprint density at radius 3 is 2.78 bits per heavy atom. The molecule has 0 spiro atoms. The molecule has 18 heavy (non-hydrogen) atoms. The monoisotopic (exact) mass is 269 g/mol. The predicted molar refractivity (Wildman–Crippen MR) is 71.0 cm³/mol. The van der Waals surface area contributed by atoms with Gasteiger partial charge in [0.1, 0.15) is 0 Å². The van der Waals surface area contributed by atoms with Crippen LogP contribution >= 0.6 is 0 Å². The highest BCUT2D eigenvalue weighted by molar-refractivity contribution is 7.87. The van der Waals surface area contributed by atoms with Crippen molar-refractivity contribution in [3.63, 3.8) is 0 Å². The van der Waals surface area contributed by atoms with Gasteiger partial charge in [-0.05, 0) is 23.1 Å². The van der Waals surface area contributed by atoms with Gasteiger partial charge in [-0.15, -0.1) is 0 Å². The molecule has 0 saturated heterocycles. The molecule has 0 aliphatic carbocycles. The molecule has 0 saturated carbocycles. The van der Waals surface area contributed by atoms with Crippen LogP contribution in [0.15, 0.2) is 18.2 Å². The van der Waals surface area contributed by atoms with Crippen LogP contribution in [0.1, 0.15) is 30.0 Å². The van der Waals surface area contributed by atoms with Crippen LogP contribution in [0.25, 0.3) is 0 Å².